The molecule has 2 aromatic rings. The Hall–Kier alpha value is -2.26. The van der Waals surface area contributed by atoms with E-state index in [0.717, 1.165) is 6.07 Å². The molecule has 0 bridgehead atoms. The zero-order valence-electron chi connectivity index (χ0n) is 10.6. The summed E-state index contributed by atoms with van der Waals surface area (Å²) in [5, 5.41) is 10.8. The zero-order chi connectivity index (χ0) is 15.6. The fourth-order valence-electron chi connectivity index (χ4n) is 1.70. The Kier molecular flexibility index (Phi) is 4.05. The second-order valence-electron chi connectivity index (χ2n) is 3.98. The molecule has 21 heavy (non-hydrogen) atoms. The van der Waals surface area contributed by atoms with Crippen LogP contribution in [0.2, 0.25) is 5.15 Å². The second-order valence-corrected chi connectivity index (χ2v) is 5.96. The van der Waals surface area contributed by atoms with Crippen molar-refractivity contribution < 1.29 is 13.3 Å². The number of nitro benzene ring substituents is 1. The lowest BCUT2D eigenvalue weighted by molar-refractivity contribution is -0.387. The molecule has 2 rings (SSSR count). The van der Waals surface area contributed by atoms with Gasteiger partial charge < -0.3 is 0 Å². The quantitative estimate of drug-likeness (QED) is 0.679. The van der Waals surface area contributed by atoms with Crippen molar-refractivity contribution >= 4 is 33.1 Å². The predicted octanol–water partition coefficient (Wildman–Crippen LogP) is 2.15. The van der Waals surface area contributed by atoms with Gasteiger partial charge in [-0.1, -0.05) is 23.7 Å². The van der Waals surface area contributed by atoms with Gasteiger partial charge in [0, 0.05) is 18.5 Å². The van der Waals surface area contributed by atoms with Crippen molar-refractivity contribution in [2.45, 2.75) is 11.8 Å². The number of nitrogens with zero attached hydrogens (tertiary/aromatic N) is 3. The molecule has 8 nitrogen and oxygen atoms in total. The van der Waals surface area contributed by atoms with Crippen LogP contribution in [0.4, 0.5) is 11.5 Å². The molecule has 0 spiro atoms. The summed E-state index contributed by atoms with van der Waals surface area (Å²) in [5.74, 6) is -0.197. The molecule has 1 heterocycles. The number of sulfonamides is 1. The number of nitrogens with one attached hydrogen (secondary N) is 1. The van der Waals surface area contributed by atoms with Gasteiger partial charge in [0.2, 0.25) is 0 Å². The molecule has 0 saturated heterocycles. The molecule has 1 N–H and O–H groups in total. The number of anilines is 1. The molecular weight excluding hydrogens is 320 g/mol. The first kappa shape index (κ1) is 15.1. The molecule has 1 aromatic heterocycles. The van der Waals surface area contributed by atoms with Gasteiger partial charge in [-0.15, -0.1) is 0 Å². The number of aryl methyl sites for hydroxylation is 1. The highest BCUT2D eigenvalue weighted by Gasteiger charge is 2.28. The third-order valence-corrected chi connectivity index (χ3v) is 4.35. The molecule has 0 aliphatic carbocycles. The summed E-state index contributed by atoms with van der Waals surface area (Å²) in [6.45, 7) is 1.46. The van der Waals surface area contributed by atoms with Crippen LogP contribution >= 0.6 is 11.6 Å². The lowest BCUT2D eigenvalue weighted by Crippen LogP contribution is -2.17. The summed E-state index contributed by atoms with van der Waals surface area (Å²) in [6.07, 6.45) is 2.53. The predicted molar refractivity (Wildman–Crippen MR) is 75.7 cm³/mol. The number of hydrogen-bond acceptors (Lipinski definition) is 6. The van der Waals surface area contributed by atoms with Gasteiger partial charge in [0.15, 0.2) is 15.9 Å². The molecule has 10 heteroatoms. The Labute approximate surface area is 125 Å². The fourth-order valence-corrected chi connectivity index (χ4v) is 3.32. The number of hydrogen-bond donors (Lipinski definition) is 1. The number of benzene rings is 1. The maximum atomic E-state index is 12.4. The van der Waals surface area contributed by atoms with Gasteiger partial charge >= 0.3 is 0 Å². The average Bonchev–Trinajstić information content (AvgIpc) is 2.40. The molecule has 0 radical (unpaired) electrons. The average molecular weight is 329 g/mol. The number of nitro groups is 1. The van der Waals surface area contributed by atoms with Gasteiger partial charge in [-0.05, 0) is 12.5 Å². The van der Waals surface area contributed by atoms with Gasteiger partial charge in [0.05, 0.1) is 4.92 Å². The van der Waals surface area contributed by atoms with Gasteiger partial charge in [0.25, 0.3) is 15.7 Å². The first-order valence-electron chi connectivity index (χ1n) is 5.56. The minimum Gasteiger partial charge on any atom is -0.261 e. The van der Waals surface area contributed by atoms with Gasteiger partial charge in [-0.3, -0.25) is 14.8 Å². The normalized spacial score (nSPS) is 11.1. The summed E-state index contributed by atoms with van der Waals surface area (Å²) < 4.78 is 26.8. The van der Waals surface area contributed by atoms with Crippen molar-refractivity contribution in [1.29, 1.82) is 0 Å². The molecule has 0 saturated carbocycles. The van der Waals surface area contributed by atoms with E-state index in [1.54, 1.807) is 0 Å². The topological polar surface area (TPSA) is 115 Å². The summed E-state index contributed by atoms with van der Waals surface area (Å²) >= 11 is 5.73. The lowest BCUT2D eigenvalue weighted by Gasteiger charge is -2.10. The molecule has 0 unspecified atom stereocenters. The summed E-state index contributed by atoms with van der Waals surface area (Å²) in [5.41, 5.74) is -0.292. The van der Waals surface area contributed by atoms with E-state index in [1.807, 2.05) is 0 Å². The van der Waals surface area contributed by atoms with Crippen LogP contribution in [-0.2, 0) is 10.0 Å². The van der Waals surface area contributed by atoms with Gasteiger partial charge in [0.1, 0.15) is 0 Å². The van der Waals surface area contributed by atoms with Crippen LogP contribution in [0.15, 0.2) is 35.5 Å². The lowest BCUT2D eigenvalue weighted by atomic mass is 10.2. The van der Waals surface area contributed by atoms with Crippen molar-refractivity contribution in [2.75, 3.05) is 4.72 Å². The molecule has 0 atom stereocenters. The molecule has 0 aliphatic rings. The largest absolute Gasteiger partial charge is 0.290 e. The summed E-state index contributed by atoms with van der Waals surface area (Å²) in [7, 11) is -4.22. The summed E-state index contributed by atoms with van der Waals surface area (Å²) in [4.78, 5) is 17.2. The SMILES string of the molecule is Cc1cccc([N+](=O)[O-])c1S(=O)(=O)Nc1nccnc1Cl. The maximum Gasteiger partial charge on any atom is 0.290 e. The fraction of sp³-hybridized carbons (Fsp3) is 0.0909. The van der Waals surface area contributed by atoms with Crippen molar-refractivity contribution in [1.82, 2.24) is 9.97 Å². The van der Waals surface area contributed by atoms with E-state index < -0.39 is 25.5 Å². The van der Waals surface area contributed by atoms with E-state index in [0.29, 0.717) is 0 Å². The van der Waals surface area contributed by atoms with Crippen LogP contribution in [-0.4, -0.2) is 23.3 Å². The number of rotatable bonds is 4. The van der Waals surface area contributed by atoms with E-state index in [4.69, 9.17) is 11.6 Å². The van der Waals surface area contributed by atoms with E-state index in [-0.39, 0.29) is 16.5 Å². The van der Waals surface area contributed by atoms with Crippen LogP contribution in [0.1, 0.15) is 5.56 Å². The third-order valence-electron chi connectivity index (χ3n) is 2.54. The monoisotopic (exact) mass is 328 g/mol. The first-order valence-corrected chi connectivity index (χ1v) is 7.42. The van der Waals surface area contributed by atoms with Gasteiger partial charge in [-0.2, -0.15) is 0 Å². The summed E-state index contributed by atoms with van der Waals surface area (Å²) in [6, 6.07) is 3.97. The van der Waals surface area contributed by atoms with Crippen LogP contribution < -0.4 is 4.72 Å². The maximum absolute atomic E-state index is 12.4. The highest BCUT2D eigenvalue weighted by molar-refractivity contribution is 7.93. The standard InChI is InChI=1S/C11H9ClN4O4S/c1-7-3-2-4-8(16(17)18)9(7)21(19,20)15-11-10(12)13-5-6-14-11/h2-6H,1H3,(H,14,15). The Bertz CT molecular complexity index is 810. The number of halogens is 1. The van der Waals surface area contributed by atoms with Crippen molar-refractivity contribution in [3.05, 3.63) is 51.4 Å². The van der Waals surface area contributed by atoms with Crippen molar-refractivity contribution in [2.24, 2.45) is 0 Å². The molecule has 1 aromatic carbocycles. The van der Waals surface area contributed by atoms with Crippen LogP contribution in [0.3, 0.4) is 0 Å². The number of aromatic nitrogens is 2. The minimum absolute atomic E-state index is 0.155. The van der Waals surface area contributed by atoms with Crippen molar-refractivity contribution in [3.8, 4) is 0 Å². The van der Waals surface area contributed by atoms with E-state index >= 15 is 0 Å². The third kappa shape index (κ3) is 3.09. The molecule has 0 fully saturated rings. The first-order chi connectivity index (χ1) is 9.83. The zero-order valence-corrected chi connectivity index (χ0v) is 12.2. The molecule has 110 valence electrons. The van der Waals surface area contributed by atoms with Gasteiger partial charge in [-0.25, -0.2) is 18.4 Å². The van der Waals surface area contributed by atoms with Crippen LogP contribution in [0.25, 0.3) is 0 Å². The smallest absolute Gasteiger partial charge is 0.261 e. The Morgan fingerprint density at radius 1 is 1.29 bits per heavy atom. The Morgan fingerprint density at radius 3 is 2.57 bits per heavy atom. The molecule has 0 aliphatic heterocycles. The highest BCUT2D eigenvalue weighted by atomic mass is 35.5. The van der Waals surface area contributed by atoms with Crippen LogP contribution in [0, 0.1) is 17.0 Å². The van der Waals surface area contributed by atoms with E-state index in [9.17, 15) is 18.5 Å². The van der Waals surface area contributed by atoms with E-state index in [1.165, 1.54) is 31.5 Å². The Morgan fingerprint density at radius 2 is 1.95 bits per heavy atom. The van der Waals surface area contributed by atoms with E-state index in [2.05, 4.69) is 14.7 Å². The molecular formula is C11H9ClN4O4S. The Balaban J connectivity index is 2.56. The minimum atomic E-state index is -4.22. The second kappa shape index (κ2) is 5.62. The van der Waals surface area contributed by atoms with Crippen molar-refractivity contribution in [3.63, 3.8) is 0 Å². The molecule has 0 amide bonds. The highest BCUT2D eigenvalue weighted by Crippen LogP contribution is 2.29. The van der Waals surface area contributed by atoms with Crippen LogP contribution in [0.5, 0.6) is 0 Å².